The number of amides is 1. The van der Waals surface area contributed by atoms with Crippen LogP contribution in [0.15, 0.2) is 71.6 Å². The van der Waals surface area contributed by atoms with Gasteiger partial charge in [-0.2, -0.15) is 13.2 Å². The van der Waals surface area contributed by atoms with Crippen molar-refractivity contribution >= 4 is 44.9 Å². The summed E-state index contributed by atoms with van der Waals surface area (Å²) in [6.07, 6.45) is -3.39. The maximum atomic E-state index is 13.3. The Kier molecular flexibility index (Phi) is 7.47. The second kappa shape index (κ2) is 10.4. The number of para-hydroxylation sites is 1. The Labute approximate surface area is 215 Å². The summed E-state index contributed by atoms with van der Waals surface area (Å²) in [6.45, 7) is -0.617. The molecule has 37 heavy (non-hydrogen) atoms. The fourth-order valence-corrected chi connectivity index (χ4v) is 5.68. The summed E-state index contributed by atoms with van der Waals surface area (Å²) in [5, 5.41) is 1.87. The molecular formula is C25H20ClF3N2O5S. The lowest BCUT2D eigenvalue weighted by atomic mass is 10.0. The Morgan fingerprint density at radius 3 is 2.54 bits per heavy atom. The predicted octanol–water partition coefficient (Wildman–Crippen LogP) is 5.30. The molecular weight excluding hydrogens is 533 g/mol. The van der Waals surface area contributed by atoms with E-state index in [1.165, 1.54) is 28.6 Å². The highest BCUT2D eigenvalue weighted by Crippen LogP contribution is 2.36. The predicted molar refractivity (Wildman–Crippen MR) is 131 cm³/mol. The highest BCUT2D eigenvalue weighted by molar-refractivity contribution is 7.92. The highest BCUT2D eigenvalue weighted by atomic mass is 35.5. The van der Waals surface area contributed by atoms with Gasteiger partial charge in [0.05, 0.1) is 27.4 Å². The van der Waals surface area contributed by atoms with Crippen LogP contribution < -0.4 is 9.62 Å². The van der Waals surface area contributed by atoms with Crippen molar-refractivity contribution in [1.29, 1.82) is 0 Å². The number of anilines is 2. The first-order valence-electron chi connectivity index (χ1n) is 11.0. The number of sulfonamides is 1. The Morgan fingerprint density at radius 2 is 1.78 bits per heavy atom. The van der Waals surface area contributed by atoms with Gasteiger partial charge in [0, 0.05) is 11.6 Å². The molecule has 0 atom stereocenters. The van der Waals surface area contributed by atoms with E-state index in [0.29, 0.717) is 18.2 Å². The van der Waals surface area contributed by atoms with Gasteiger partial charge in [-0.15, -0.1) is 0 Å². The molecule has 0 saturated carbocycles. The molecule has 1 N–H and O–H groups in total. The Balaban J connectivity index is 1.46. The minimum Gasteiger partial charge on any atom is -0.452 e. The molecule has 0 fully saturated rings. The molecule has 1 heterocycles. The molecule has 1 aliphatic heterocycles. The molecule has 0 bridgehead atoms. The summed E-state index contributed by atoms with van der Waals surface area (Å²) in [5.74, 6) is -2.03. The number of halogens is 4. The van der Waals surface area contributed by atoms with E-state index in [1.54, 1.807) is 12.1 Å². The average Bonchev–Trinajstić information content (AvgIpc) is 2.87. The summed E-state index contributed by atoms with van der Waals surface area (Å²) in [4.78, 5) is 24.5. The van der Waals surface area contributed by atoms with E-state index in [4.69, 9.17) is 16.3 Å². The monoisotopic (exact) mass is 552 g/mol. The first-order chi connectivity index (χ1) is 17.5. The number of alkyl halides is 3. The van der Waals surface area contributed by atoms with Crippen LogP contribution in [0, 0.1) is 0 Å². The van der Waals surface area contributed by atoms with Gasteiger partial charge >= 0.3 is 12.1 Å². The van der Waals surface area contributed by atoms with Crippen LogP contribution in [0.3, 0.4) is 0 Å². The average molecular weight is 553 g/mol. The Hall–Kier alpha value is -3.57. The zero-order valence-corrected chi connectivity index (χ0v) is 20.7. The summed E-state index contributed by atoms with van der Waals surface area (Å²) >= 11 is 5.62. The number of fused-ring (bicyclic) bond motifs is 1. The van der Waals surface area contributed by atoms with Crippen LogP contribution in [0.2, 0.25) is 5.02 Å². The molecule has 0 unspecified atom stereocenters. The third-order valence-electron chi connectivity index (χ3n) is 5.62. The summed E-state index contributed by atoms with van der Waals surface area (Å²) < 4.78 is 72.5. The van der Waals surface area contributed by atoms with Crippen LogP contribution in [-0.2, 0) is 32.2 Å². The number of hydrogen-bond acceptors (Lipinski definition) is 5. The number of ether oxygens (including phenoxy) is 1. The number of carbonyl (C=O) groups is 2. The van der Waals surface area contributed by atoms with Crippen LogP contribution in [0.5, 0.6) is 0 Å². The molecule has 1 amide bonds. The molecule has 194 valence electrons. The van der Waals surface area contributed by atoms with E-state index >= 15 is 0 Å². The quantitative estimate of drug-likeness (QED) is 0.419. The van der Waals surface area contributed by atoms with E-state index in [2.05, 4.69) is 0 Å². The topological polar surface area (TPSA) is 92.8 Å². The van der Waals surface area contributed by atoms with Gasteiger partial charge in [-0.3, -0.25) is 9.10 Å². The first kappa shape index (κ1) is 26.5. The number of aryl methyl sites for hydroxylation is 1. The van der Waals surface area contributed by atoms with Gasteiger partial charge in [0.15, 0.2) is 6.61 Å². The van der Waals surface area contributed by atoms with Crippen molar-refractivity contribution in [2.75, 3.05) is 22.8 Å². The third kappa shape index (κ3) is 5.89. The van der Waals surface area contributed by atoms with Crippen molar-refractivity contribution in [3.8, 4) is 0 Å². The minimum atomic E-state index is -4.77. The number of nitrogens with zero attached hydrogens (tertiary/aromatic N) is 1. The first-order valence-corrected chi connectivity index (χ1v) is 12.8. The van der Waals surface area contributed by atoms with Gasteiger partial charge in [-0.25, -0.2) is 13.2 Å². The van der Waals surface area contributed by atoms with Crippen LogP contribution >= 0.6 is 11.6 Å². The minimum absolute atomic E-state index is 0.137. The molecule has 0 saturated heterocycles. The fourth-order valence-electron chi connectivity index (χ4n) is 3.92. The van der Waals surface area contributed by atoms with Crippen LogP contribution in [0.25, 0.3) is 0 Å². The molecule has 3 aromatic carbocycles. The summed E-state index contributed by atoms with van der Waals surface area (Å²) in [5.41, 5.74) is -0.376. The van der Waals surface area contributed by atoms with Crippen molar-refractivity contribution in [1.82, 2.24) is 0 Å². The molecule has 0 aromatic heterocycles. The molecule has 3 aromatic rings. The van der Waals surface area contributed by atoms with Gasteiger partial charge in [0.25, 0.3) is 15.9 Å². The zero-order valence-electron chi connectivity index (χ0n) is 19.1. The summed E-state index contributed by atoms with van der Waals surface area (Å²) in [7, 11) is -4.00. The Bertz CT molecular complexity index is 1460. The molecule has 0 aliphatic carbocycles. The second-order valence-corrected chi connectivity index (χ2v) is 10.4. The second-order valence-electron chi connectivity index (χ2n) is 8.15. The van der Waals surface area contributed by atoms with Crippen molar-refractivity contribution in [2.24, 2.45) is 0 Å². The number of rotatable bonds is 6. The van der Waals surface area contributed by atoms with Crippen molar-refractivity contribution in [3.63, 3.8) is 0 Å². The van der Waals surface area contributed by atoms with Gasteiger partial charge in [0.2, 0.25) is 0 Å². The van der Waals surface area contributed by atoms with E-state index in [0.717, 1.165) is 24.1 Å². The lowest BCUT2D eigenvalue weighted by molar-refractivity contribution is -0.137. The number of esters is 1. The largest absolute Gasteiger partial charge is 0.452 e. The van der Waals surface area contributed by atoms with Crippen molar-refractivity contribution < 1.29 is 35.9 Å². The molecule has 7 nitrogen and oxygen atoms in total. The normalized spacial score (nSPS) is 13.6. The number of nitrogens with one attached hydrogen (secondary N) is 1. The number of carbonyl (C=O) groups excluding carboxylic acids is 2. The molecule has 12 heteroatoms. The van der Waals surface area contributed by atoms with E-state index < -0.39 is 45.9 Å². The van der Waals surface area contributed by atoms with Gasteiger partial charge in [0.1, 0.15) is 0 Å². The van der Waals surface area contributed by atoms with Crippen molar-refractivity contribution in [3.05, 3.63) is 88.4 Å². The van der Waals surface area contributed by atoms with E-state index in [-0.39, 0.29) is 22.0 Å². The SMILES string of the molecule is O=C(COC(=O)c1cccc(S(=O)(=O)N2CCCc3ccccc32)c1)Nc1ccc(Cl)cc1C(F)(F)F. The van der Waals surface area contributed by atoms with Crippen LogP contribution in [0.1, 0.15) is 27.9 Å². The molecule has 4 rings (SSSR count). The van der Waals surface area contributed by atoms with E-state index in [1.807, 2.05) is 17.4 Å². The lowest BCUT2D eigenvalue weighted by Crippen LogP contribution is -2.35. The lowest BCUT2D eigenvalue weighted by Gasteiger charge is -2.30. The van der Waals surface area contributed by atoms with Gasteiger partial charge in [-0.1, -0.05) is 35.9 Å². The fraction of sp³-hybridized carbons (Fsp3) is 0.200. The molecule has 0 spiro atoms. The molecule has 1 aliphatic rings. The maximum absolute atomic E-state index is 13.3. The van der Waals surface area contributed by atoms with Crippen molar-refractivity contribution in [2.45, 2.75) is 23.9 Å². The third-order valence-corrected chi connectivity index (χ3v) is 7.67. The van der Waals surface area contributed by atoms with Gasteiger partial charge < -0.3 is 10.1 Å². The number of hydrogen-bond donors (Lipinski definition) is 1. The van der Waals surface area contributed by atoms with Gasteiger partial charge in [-0.05, 0) is 60.9 Å². The van der Waals surface area contributed by atoms with Crippen LogP contribution in [-0.4, -0.2) is 33.4 Å². The maximum Gasteiger partial charge on any atom is 0.418 e. The molecule has 0 radical (unpaired) electrons. The smallest absolute Gasteiger partial charge is 0.418 e. The summed E-state index contributed by atoms with van der Waals surface area (Å²) in [6, 6.07) is 15.1. The Morgan fingerprint density at radius 1 is 1.03 bits per heavy atom. The standard InChI is InChI=1S/C25H20ClF3N2O5S/c26-18-10-11-21(20(14-18)25(27,28)29)30-23(32)15-36-24(33)17-6-3-8-19(13-17)37(34,35)31-12-4-7-16-5-1-2-9-22(16)31/h1-3,5-6,8-11,13-14H,4,7,12,15H2,(H,30,32). The number of benzene rings is 3. The van der Waals surface area contributed by atoms with E-state index in [9.17, 15) is 31.2 Å². The zero-order chi connectivity index (χ0) is 26.8. The highest BCUT2D eigenvalue weighted by Gasteiger charge is 2.34. The van der Waals surface area contributed by atoms with Crippen LogP contribution in [0.4, 0.5) is 24.5 Å².